The smallest absolute Gasteiger partial charge is 0.335 e. The Kier molecular flexibility index (Phi) is 4.38. The Morgan fingerprint density at radius 2 is 2.14 bits per heavy atom. The highest BCUT2D eigenvalue weighted by Gasteiger charge is 2.41. The highest BCUT2D eigenvalue weighted by molar-refractivity contribution is 7.99. The van der Waals surface area contributed by atoms with Crippen LogP contribution in [0.4, 0.5) is 0 Å². The number of carbonyl (C=O) groups excluding carboxylic acids is 1. The minimum Gasteiger partial charge on any atom is -0.478 e. The topological polar surface area (TPSA) is 91.8 Å². The van der Waals surface area contributed by atoms with Crippen molar-refractivity contribution in [2.24, 2.45) is 0 Å². The van der Waals surface area contributed by atoms with Gasteiger partial charge in [-0.2, -0.15) is 11.8 Å². The van der Waals surface area contributed by atoms with Crippen LogP contribution in [0, 0.1) is 0 Å². The van der Waals surface area contributed by atoms with Crippen LogP contribution in [-0.2, 0) is 10.0 Å². The number of hydrogen-bond acceptors (Lipinski definition) is 5. The van der Waals surface area contributed by atoms with Crippen molar-refractivity contribution < 1.29 is 23.1 Å². The van der Waals surface area contributed by atoms with Gasteiger partial charge in [-0.25, -0.2) is 17.5 Å². The summed E-state index contributed by atoms with van der Waals surface area (Å²) in [4.78, 5) is 22.8. The molecule has 21 heavy (non-hydrogen) atoms. The largest absolute Gasteiger partial charge is 0.478 e. The molecule has 1 amide bonds. The van der Waals surface area contributed by atoms with Crippen LogP contribution in [0.25, 0.3) is 0 Å². The Balaban J connectivity index is 2.31. The van der Waals surface area contributed by atoms with Crippen LogP contribution in [0.3, 0.4) is 0 Å². The number of amides is 1. The molecular formula is C13H13NO5S2. The zero-order valence-corrected chi connectivity index (χ0v) is 12.6. The van der Waals surface area contributed by atoms with Gasteiger partial charge in [0, 0.05) is 18.1 Å². The monoisotopic (exact) mass is 327 g/mol. The molecule has 0 aromatic heterocycles. The molecule has 1 heterocycles. The summed E-state index contributed by atoms with van der Waals surface area (Å²) in [5.74, 6) is -0.726. The molecule has 8 heteroatoms. The van der Waals surface area contributed by atoms with Gasteiger partial charge in [0.05, 0.1) is 11.1 Å². The summed E-state index contributed by atoms with van der Waals surface area (Å²) < 4.78 is 25.4. The number of carboxylic acids is 1. The Morgan fingerprint density at radius 1 is 1.43 bits per heavy atom. The molecule has 0 saturated heterocycles. The summed E-state index contributed by atoms with van der Waals surface area (Å²) in [6, 6.07) is 3.50. The van der Waals surface area contributed by atoms with E-state index in [1.54, 1.807) is 6.08 Å². The molecule has 1 aliphatic heterocycles. The van der Waals surface area contributed by atoms with Crippen molar-refractivity contribution >= 4 is 33.7 Å². The third-order valence-corrected chi connectivity index (χ3v) is 5.69. The van der Waals surface area contributed by atoms with Crippen LogP contribution >= 0.6 is 11.8 Å². The Hall–Kier alpha value is -1.80. The molecule has 6 nitrogen and oxygen atoms in total. The number of carboxylic acid groups (broad SMARTS) is 1. The minimum absolute atomic E-state index is 0.0220. The van der Waals surface area contributed by atoms with E-state index in [0.29, 0.717) is 11.5 Å². The van der Waals surface area contributed by atoms with Crippen molar-refractivity contribution in [3.05, 3.63) is 42.0 Å². The SMILES string of the molecule is C=CCSCCN1C(=O)c2ccc(C(=O)O)cc2S1(=O)=O. The lowest BCUT2D eigenvalue weighted by molar-refractivity contribution is 0.0695. The number of rotatable bonds is 6. The molecule has 1 aromatic carbocycles. The predicted molar refractivity (Wildman–Crippen MR) is 79.1 cm³/mol. The van der Waals surface area contributed by atoms with E-state index in [1.165, 1.54) is 23.9 Å². The van der Waals surface area contributed by atoms with Gasteiger partial charge in [0.1, 0.15) is 4.90 Å². The van der Waals surface area contributed by atoms with Crippen molar-refractivity contribution in [2.75, 3.05) is 18.1 Å². The number of aromatic carboxylic acids is 1. The number of sulfonamides is 1. The lowest BCUT2D eigenvalue weighted by atomic mass is 10.1. The van der Waals surface area contributed by atoms with E-state index in [4.69, 9.17) is 5.11 Å². The fourth-order valence-electron chi connectivity index (χ4n) is 1.94. The maximum absolute atomic E-state index is 12.3. The van der Waals surface area contributed by atoms with E-state index < -0.39 is 21.9 Å². The third-order valence-electron chi connectivity index (χ3n) is 2.93. The van der Waals surface area contributed by atoms with E-state index in [1.807, 2.05) is 0 Å². The summed E-state index contributed by atoms with van der Waals surface area (Å²) in [6.45, 7) is 3.61. The van der Waals surface area contributed by atoms with Crippen LogP contribution in [0.15, 0.2) is 35.7 Å². The molecule has 0 bridgehead atoms. The van der Waals surface area contributed by atoms with Crippen LogP contribution in [-0.4, -0.2) is 47.8 Å². The first-order valence-corrected chi connectivity index (χ1v) is 8.62. The number of benzene rings is 1. The van der Waals surface area contributed by atoms with Crippen LogP contribution in [0.5, 0.6) is 0 Å². The van der Waals surface area contributed by atoms with E-state index in [-0.39, 0.29) is 22.6 Å². The molecule has 0 aliphatic carbocycles. The van der Waals surface area contributed by atoms with Gasteiger partial charge in [-0.3, -0.25) is 4.79 Å². The maximum Gasteiger partial charge on any atom is 0.335 e. The maximum atomic E-state index is 12.3. The second-order valence-corrected chi connectivity index (χ2v) is 7.24. The Morgan fingerprint density at radius 3 is 2.76 bits per heavy atom. The quantitative estimate of drug-likeness (QED) is 0.628. The highest BCUT2D eigenvalue weighted by Crippen LogP contribution is 2.31. The number of nitrogens with zero attached hydrogens (tertiary/aromatic N) is 1. The number of thioether (sulfide) groups is 1. The molecule has 112 valence electrons. The van der Waals surface area contributed by atoms with E-state index >= 15 is 0 Å². The zero-order valence-electron chi connectivity index (χ0n) is 11.0. The molecule has 0 fully saturated rings. The van der Waals surface area contributed by atoms with Gasteiger partial charge in [-0.05, 0) is 18.2 Å². The fourth-order valence-corrected chi connectivity index (χ4v) is 4.30. The lowest BCUT2D eigenvalue weighted by Gasteiger charge is -2.14. The third kappa shape index (κ3) is 2.81. The normalized spacial score (nSPS) is 15.8. The van der Waals surface area contributed by atoms with Crippen molar-refractivity contribution in [1.82, 2.24) is 4.31 Å². The highest BCUT2D eigenvalue weighted by atomic mass is 32.2. The van der Waals surface area contributed by atoms with Crippen LogP contribution in [0.2, 0.25) is 0 Å². The first-order chi connectivity index (χ1) is 9.89. The zero-order chi connectivity index (χ0) is 15.6. The molecule has 0 spiro atoms. The molecule has 0 unspecified atom stereocenters. The van der Waals surface area contributed by atoms with Gasteiger partial charge < -0.3 is 5.11 Å². The summed E-state index contributed by atoms with van der Waals surface area (Å²) in [5, 5.41) is 8.91. The van der Waals surface area contributed by atoms with Gasteiger partial charge >= 0.3 is 5.97 Å². The summed E-state index contributed by atoms with van der Waals surface area (Å²) in [5.41, 5.74) is -0.137. The average Bonchev–Trinajstić information content (AvgIpc) is 2.63. The molecule has 0 radical (unpaired) electrons. The lowest BCUT2D eigenvalue weighted by Crippen LogP contribution is -2.32. The second kappa shape index (κ2) is 5.90. The molecule has 0 saturated carbocycles. The number of hydrogen-bond donors (Lipinski definition) is 1. The fraction of sp³-hybridized carbons (Fsp3) is 0.231. The van der Waals surface area contributed by atoms with E-state index in [0.717, 1.165) is 10.4 Å². The van der Waals surface area contributed by atoms with Crippen molar-refractivity contribution in [3.8, 4) is 0 Å². The van der Waals surface area contributed by atoms with E-state index in [9.17, 15) is 18.0 Å². The van der Waals surface area contributed by atoms with Gasteiger partial charge in [-0.1, -0.05) is 6.08 Å². The first kappa shape index (κ1) is 15.6. The van der Waals surface area contributed by atoms with Gasteiger partial charge in [0.25, 0.3) is 15.9 Å². The first-order valence-electron chi connectivity index (χ1n) is 6.02. The predicted octanol–water partition coefficient (Wildman–Crippen LogP) is 1.45. The average molecular weight is 327 g/mol. The standard InChI is InChI=1S/C13H13NO5S2/c1-2-6-20-7-5-14-12(15)10-4-3-9(13(16)17)8-11(10)21(14,18)19/h2-4,8H,1,5-7H2,(H,16,17). The van der Waals surface area contributed by atoms with Crippen LogP contribution < -0.4 is 0 Å². The second-order valence-electron chi connectivity index (χ2n) is 4.26. The number of carbonyl (C=O) groups is 2. The number of fused-ring (bicyclic) bond motifs is 1. The van der Waals surface area contributed by atoms with Gasteiger partial charge in [-0.15, -0.1) is 6.58 Å². The van der Waals surface area contributed by atoms with Crippen molar-refractivity contribution in [3.63, 3.8) is 0 Å². The Labute approximate surface area is 126 Å². The molecule has 0 atom stereocenters. The molecule has 1 N–H and O–H groups in total. The summed E-state index contributed by atoms with van der Waals surface area (Å²) in [7, 11) is -3.96. The minimum atomic E-state index is -3.96. The molecule has 1 aliphatic rings. The van der Waals surface area contributed by atoms with Gasteiger partial charge in [0.15, 0.2) is 0 Å². The van der Waals surface area contributed by atoms with E-state index in [2.05, 4.69) is 6.58 Å². The molecular weight excluding hydrogens is 314 g/mol. The summed E-state index contributed by atoms with van der Waals surface area (Å²) in [6.07, 6.45) is 1.69. The van der Waals surface area contributed by atoms with Crippen molar-refractivity contribution in [2.45, 2.75) is 4.90 Å². The van der Waals surface area contributed by atoms with Crippen LogP contribution in [0.1, 0.15) is 20.7 Å². The van der Waals surface area contributed by atoms with Gasteiger partial charge in [0.2, 0.25) is 0 Å². The molecule has 1 aromatic rings. The summed E-state index contributed by atoms with van der Waals surface area (Å²) >= 11 is 1.46. The Bertz CT molecular complexity index is 711. The van der Waals surface area contributed by atoms with Crippen molar-refractivity contribution in [1.29, 1.82) is 0 Å². The molecule has 2 rings (SSSR count).